The van der Waals surface area contributed by atoms with Crippen LogP contribution in [0.5, 0.6) is 0 Å². The minimum atomic E-state index is 0.489. The lowest BCUT2D eigenvalue weighted by Gasteiger charge is -2.32. The Kier molecular flexibility index (Phi) is 8.64. The van der Waals surface area contributed by atoms with Crippen molar-refractivity contribution in [2.24, 2.45) is 4.99 Å². The largest absolute Gasteiger partial charge is 0.356 e. The average molecular weight is 367 g/mol. The number of hydrogen-bond acceptors (Lipinski definition) is 5. The number of thiazole rings is 1. The van der Waals surface area contributed by atoms with Crippen molar-refractivity contribution in [2.75, 3.05) is 53.4 Å². The minimum Gasteiger partial charge on any atom is -0.356 e. The predicted octanol–water partition coefficient (Wildman–Crippen LogP) is 1.96. The number of aliphatic imine (C=N–C) groups is 1. The Morgan fingerprint density at radius 3 is 2.64 bits per heavy atom. The maximum atomic E-state index is 4.65. The van der Waals surface area contributed by atoms with Crippen LogP contribution in [0.2, 0.25) is 0 Å². The Morgan fingerprint density at radius 2 is 2.00 bits per heavy atom. The molecule has 0 amide bonds. The summed E-state index contributed by atoms with van der Waals surface area (Å²) in [5.74, 6) is 1.35. The third kappa shape index (κ3) is 7.30. The number of hydrogen-bond donors (Lipinski definition) is 2. The summed E-state index contributed by atoms with van der Waals surface area (Å²) in [6.45, 7) is 12.1. The molecule has 1 aromatic heterocycles. The van der Waals surface area contributed by atoms with Gasteiger partial charge in [-0.3, -0.25) is 4.99 Å². The molecule has 2 rings (SSSR count). The number of nitrogens with one attached hydrogen (secondary N) is 2. The van der Waals surface area contributed by atoms with Gasteiger partial charge in [-0.2, -0.15) is 0 Å². The molecule has 0 aliphatic carbocycles. The van der Waals surface area contributed by atoms with E-state index < -0.39 is 0 Å². The summed E-state index contributed by atoms with van der Waals surface area (Å²) in [5.41, 5.74) is 1.17. The summed E-state index contributed by atoms with van der Waals surface area (Å²) in [5, 5.41) is 10.0. The number of rotatable bonds is 8. The first kappa shape index (κ1) is 20.1. The first-order valence-electron chi connectivity index (χ1n) is 9.38. The molecule has 1 fully saturated rings. The second-order valence-corrected chi connectivity index (χ2v) is 7.97. The summed E-state index contributed by atoms with van der Waals surface area (Å²) in [7, 11) is 4.02. The van der Waals surface area contributed by atoms with Gasteiger partial charge in [-0.25, -0.2) is 4.98 Å². The summed E-state index contributed by atoms with van der Waals surface area (Å²) >= 11 is 1.71. The number of likely N-dealkylation sites (N-methyl/N-ethyl adjacent to an activating group) is 1. The SMILES string of the molecule is CN=C(NCCCCN1CCN(C)CC1)NCc1nc(C(C)C)cs1. The molecule has 0 atom stereocenters. The molecule has 2 N–H and O–H groups in total. The van der Waals surface area contributed by atoms with E-state index in [9.17, 15) is 0 Å². The van der Waals surface area contributed by atoms with Crippen LogP contribution < -0.4 is 10.6 Å². The molecule has 25 heavy (non-hydrogen) atoms. The highest BCUT2D eigenvalue weighted by Crippen LogP contribution is 2.17. The molecule has 1 aliphatic heterocycles. The van der Waals surface area contributed by atoms with E-state index in [-0.39, 0.29) is 0 Å². The Morgan fingerprint density at radius 1 is 1.24 bits per heavy atom. The van der Waals surface area contributed by atoms with E-state index in [0.717, 1.165) is 24.1 Å². The van der Waals surface area contributed by atoms with Gasteiger partial charge in [0.15, 0.2) is 5.96 Å². The van der Waals surface area contributed by atoms with E-state index in [2.05, 4.69) is 56.7 Å². The molecule has 0 bridgehead atoms. The molecule has 0 radical (unpaired) electrons. The quantitative estimate of drug-likeness (QED) is 0.418. The molecule has 0 unspecified atom stereocenters. The predicted molar refractivity (Wildman–Crippen MR) is 108 cm³/mol. The zero-order valence-corrected chi connectivity index (χ0v) is 17.0. The van der Waals surface area contributed by atoms with Crippen LogP contribution in [0.25, 0.3) is 0 Å². The van der Waals surface area contributed by atoms with Gasteiger partial charge < -0.3 is 20.4 Å². The molecular formula is C18H34N6S. The maximum Gasteiger partial charge on any atom is 0.191 e. The van der Waals surface area contributed by atoms with E-state index in [1.54, 1.807) is 11.3 Å². The zero-order chi connectivity index (χ0) is 18.1. The van der Waals surface area contributed by atoms with Gasteiger partial charge in [-0.15, -0.1) is 11.3 Å². The van der Waals surface area contributed by atoms with Gasteiger partial charge in [-0.1, -0.05) is 13.8 Å². The van der Waals surface area contributed by atoms with Crippen LogP contribution in [0.4, 0.5) is 0 Å². The van der Waals surface area contributed by atoms with Crippen molar-refractivity contribution < 1.29 is 0 Å². The lowest BCUT2D eigenvalue weighted by atomic mass is 10.2. The van der Waals surface area contributed by atoms with Crippen molar-refractivity contribution in [3.05, 3.63) is 16.1 Å². The third-order valence-corrected chi connectivity index (χ3v) is 5.45. The smallest absolute Gasteiger partial charge is 0.191 e. The maximum absolute atomic E-state index is 4.65. The summed E-state index contributed by atoms with van der Waals surface area (Å²) in [6, 6.07) is 0. The van der Waals surface area contributed by atoms with Crippen molar-refractivity contribution >= 4 is 17.3 Å². The Hall–Kier alpha value is -1.18. The van der Waals surface area contributed by atoms with Gasteiger partial charge in [0.2, 0.25) is 0 Å². The zero-order valence-electron chi connectivity index (χ0n) is 16.2. The lowest BCUT2D eigenvalue weighted by Crippen LogP contribution is -2.44. The third-order valence-electron chi connectivity index (χ3n) is 4.58. The highest BCUT2D eigenvalue weighted by molar-refractivity contribution is 7.09. The second kappa shape index (κ2) is 10.7. The molecule has 0 spiro atoms. The molecule has 1 saturated heterocycles. The van der Waals surface area contributed by atoms with Crippen LogP contribution in [0, 0.1) is 0 Å². The van der Waals surface area contributed by atoms with Gasteiger partial charge in [0, 0.05) is 45.2 Å². The molecule has 7 heteroatoms. The second-order valence-electron chi connectivity index (χ2n) is 7.03. The summed E-state index contributed by atoms with van der Waals surface area (Å²) in [4.78, 5) is 13.9. The number of piperazine rings is 1. The van der Waals surface area contributed by atoms with Gasteiger partial charge >= 0.3 is 0 Å². The first-order valence-corrected chi connectivity index (χ1v) is 10.3. The number of aromatic nitrogens is 1. The molecular weight excluding hydrogens is 332 g/mol. The molecule has 2 heterocycles. The van der Waals surface area contributed by atoms with Crippen LogP contribution >= 0.6 is 11.3 Å². The average Bonchev–Trinajstić information content (AvgIpc) is 3.08. The lowest BCUT2D eigenvalue weighted by molar-refractivity contribution is 0.152. The fourth-order valence-electron chi connectivity index (χ4n) is 2.79. The fraction of sp³-hybridized carbons (Fsp3) is 0.778. The molecule has 0 saturated carbocycles. The first-order chi connectivity index (χ1) is 12.1. The molecule has 6 nitrogen and oxygen atoms in total. The number of unbranched alkanes of at least 4 members (excludes halogenated alkanes) is 1. The molecule has 1 aromatic rings. The van der Waals surface area contributed by atoms with E-state index >= 15 is 0 Å². The van der Waals surface area contributed by atoms with Crippen molar-refractivity contribution in [3.8, 4) is 0 Å². The highest BCUT2D eigenvalue weighted by atomic mass is 32.1. The summed E-state index contributed by atoms with van der Waals surface area (Å²) in [6.07, 6.45) is 2.40. The fourth-order valence-corrected chi connectivity index (χ4v) is 3.69. The Labute approximate surface area is 156 Å². The van der Waals surface area contributed by atoms with Crippen molar-refractivity contribution in [1.82, 2.24) is 25.4 Å². The highest BCUT2D eigenvalue weighted by Gasteiger charge is 2.12. The van der Waals surface area contributed by atoms with Gasteiger partial charge in [0.1, 0.15) is 5.01 Å². The van der Waals surface area contributed by atoms with Crippen LogP contribution in [-0.4, -0.2) is 74.1 Å². The van der Waals surface area contributed by atoms with Gasteiger partial charge in [-0.05, 0) is 32.4 Å². The Bertz CT molecular complexity index is 519. The normalized spacial score (nSPS) is 17.2. The van der Waals surface area contributed by atoms with Crippen LogP contribution in [0.3, 0.4) is 0 Å². The van der Waals surface area contributed by atoms with E-state index in [0.29, 0.717) is 5.92 Å². The van der Waals surface area contributed by atoms with Crippen molar-refractivity contribution in [1.29, 1.82) is 0 Å². The van der Waals surface area contributed by atoms with Crippen molar-refractivity contribution in [2.45, 2.75) is 39.2 Å². The van der Waals surface area contributed by atoms with Gasteiger partial charge in [0.05, 0.1) is 12.2 Å². The minimum absolute atomic E-state index is 0.489. The van der Waals surface area contributed by atoms with E-state index in [4.69, 9.17) is 0 Å². The molecule has 0 aromatic carbocycles. The standard InChI is InChI=1S/C18H34N6S/c1-15(2)16-14-25-17(22-16)13-21-18(19-3)20-7-5-6-8-24-11-9-23(4)10-12-24/h14-15H,5-13H2,1-4H3,(H2,19,20,21). The van der Waals surface area contributed by atoms with Crippen molar-refractivity contribution in [3.63, 3.8) is 0 Å². The molecule has 1 aliphatic rings. The number of guanidine groups is 1. The van der Waals surface area contributed by atoms with Gasteiger partial charge in [0.25, 0.3) is 0 Å². The summed E-state index contributed by atoms with van der Waals surface area (Å²) < 4.78 is 0. The van der Waals surface area contributed by atoms with E-state index in [1.807, 2.05) is 7.05 Å². The van der Waals surface area contributed by atoms with Crippen LogP contribution in [0.1, 0.15) is 43.3 Å². The topological polar surface area (TPSA) is 55.8 Å². The molecule has 142 valence electrons. The van der Waals surface area contributed by atoms with Crippen LogP contribution in [-0.2, 0) is 6.54 Å². The monoisotopic (exact) mass is 366 g/mol. The Balaban J connectivity index is 1.57. The van der Waals surface area contributed by atoms with Crippen LogP contribution in [0.15, 0.2) is 10.4 Å². The van der Waals surface area contributed by atoms with E-state index in [1.165, 1.54) is 51.3 Å². The number of nitrogens with zero attached hydrogens (tertiary/aromatic N) is 4.